The minimum Gasteiger partial charge on any atom is -0.457 e. The van der Waals surface area contributed by atoms with E-state index in [0.717, 1.165) is 11.3 Å². The molecule has 0 aliphatic heterocycles. The van der Waals surface area contributed by atoms with E-state index in [-0.39, 0.29) is 0 Å². The zero-order chi connectivity index (χ0) is 13.2. The van der Waals surface area contributed by atoms with E-state index < -0.39 is 9.84 Å². The average Bonchev–Trinajstić information content (AvgIpc) is 2.32. The smallest absolute Gasteiger partial charge is 0.175 e. The van der Waals surface area contributed by atoms with Crippen LogP contribution in [0.25, 0.3) is 0 Å². The third-order valence-electron chi connectivity index (χ3n) is 2.57. The quantitative estimate of drug-likeness (QED) is 0.853. The van der Waals surface area contributed by atoms with Crippen molar-refractivity contribution in [3.8, 4) is 11.5 Å². The highest BCUT2D eigenvalue weighted by Gasteiger charge is 2.07. The monoisotopic (exact) mass is 262 g/mol. The number of hydrogen-bond donors (Lipinski definition) is 0. The molecule has 4 heteroatoms. The molecule has 0 aliphatic carbocycles. The van der Waals surface area contributed by atoms with Crippen LogP contribution >= 0.6 is 0 Å². The summed E-state index contributed by atoms with van der Waals surface area (Å²) in [5, 5.41) is 0. The lowest BCUT2D eigenvalue weighted by Gasteiger charge is -2.08. The summed E-state index contributed by atoms with van der Waals surface area (Å²) in [5.74, 6) is 1.39. The minimum absolute atomic E-state index is 0.291. The van der Waals surface area contributed by atoms with Gasteiger partial charge in [0.1, 0.15) is 11.5 Å². The summed E-state index contributed by atoms with van der Waals surface area (Å²) in [6, 6.07) is 14.1. The first-order chi connectivity index (χ1) is 8.47. The summed E-state index contributed by atoms with van der Waals surface area (Å²) < 4.78 is 28.3. The van der Waals surface area contributed by atoms with Crippen molar-refractivity contribution >= 4 is 9.84 Å². The molecule has 2 aromatic rings. The Balaban J connectivity index is 2.24. The lowest BCUT2D eigenvalue weighted by atomic mass is 10.2. The molecule has 0 radical (unpaired) electrons. The number of para-hydroxylation sites is 1. The molecule has 3 nitrogen and oxygen atoms in total. The van der Waals surface area contributed by atoms with E-state index in [1.165, 1.54) is 6.26 Å². The van der Waals surface area contributed by atoms with Gasteiger partial charge in [0.05, 0.1) is 4.90 Å². The molecular weight excluding hydrogens is 248 g/mol. The van der Waals surface area contributed by atoms with Gasteiger partial charge in [-0.3, -0.25) is 0 Å². The number of aryl methyl sites for hydroxylation is 1. The molecule has 0 unspecified atom stereocenters. The summed E-state index contributed by atoms with van der Waals surface area (Å²) in [7, 11) is -3.16. The van der Waals surface area contributed by atoms with E-state index >= 15 is 0 Å². The molecular formula is C14H14O3S. The molecule has 0 saturated carbocycles. The minimum atomic E-state index is -3.16. The normalized spacial score (nSPS) is 11.2. The van der Waals surface area contributed by atoms with Gasteiger partial charge >= 0.3 is 0 Å². The summed E-state index contributed by atoms with van der Waals surface area (Å²) in [5.41, 5.74) is 1.03. The van der Waals surface area contributed by atoms with Crippen molar-refractivity contribution in [2.24, 2.45) is 0 Å². The van der Waals surface area contributed by atoms with Crippen LogP contribution in [0.2, 0.25) is 0 Å². The topological polar surface area (TPSA) is 43.4 Å². The molecule has 0 fully saturated rings. The fraction of sp³-hybridized carbons (Fsp3) is 0.143. The van der Waals surface area contributed by atoms with Gasteiger partial charge in [0, 0.05) is 6.26 Å². The van der Waals surface area contributed by atoms with E-state index in [1.807, 2.05) is 31.2 Å². The fourth-order valence-corrected chi connectivity index (χ4v) is 2.18. The summed E-state index contributed by atoms with van der Waals surface area (Å²) >= 11 is 0. The van der Waals surface area contributed by atoms with Crippen LogP contribution < -0.4 is 4.74 Å². The van der Waals surface area contributed by atoms with Gasteiger partial charge in [-0.15, -0.1) is 0 Å². The van der Waals surface area contributed by atoms with Gasteiger partial charge in [0.15, 0.2) is 9.84 Å². The van der Waals surface area contributed by atoms with Crippen LogP contribution in [-0.4, -0.2) is 14.7 Å². The fourth-order valence-electron chi connectivity index (χ4n) is 1.55. The van der Waals surface area contributed by atoms with Crippen molar-refractivity contribution in [2.75, 3.05) is 6.26 Å². The Labute approximate surface area is 107 Å². The summed E-state index contributed by atoms with van der Waals surface area (Å²) in [6.07, 6.45) is 1.18. The van der Waals surface area contributed by atoms with Crippen molar-refractivity contribution in [1.82, 2.24) is 0 Å². The van der Waals surface area contributed by atoms with Gasteiger partial charge in [-0.2, -0.15) is 0 Å². The van der Waals surface area contributed by atoms with Gasteiger partial charge in [0.2, 0.25) is 0 Å². The lowest BCUT2D eigenvalue weighted by molar-refractivity contribution is 0.478. The molecule has 0 heterocycles. The number of ether oxygens (including phenoxy) is 1. The van der Waals surface area contributed by atoms with Crippen molar-refractivity contribution in [2.45, 2.75) is 11.8 Å². The third-order valence-corrected chi connectivity index (χ3v) is 3.70. The Bertz CT molecular complexity index is 643. The predicted octanol–water partition coefficient (Wildman–Crippen LogP) is 3.19. The van der Waals surface area contributed by atoms with Crippen molar-refractivity contribution in [3.05, 3.63) is 54.1 Å². The molecule has 0 spiro atoms. The van der Waals surface area contributed by atoms with Crippen LogP contribution in [0.4, 0.5) is 0 Å². The molecule has 18 heavy (non-hydrogen) atoms. The molecule has 2 rings (SSSR count). The van der Waals surface area contributed by atoms with Crippen LogP contribution in [0.3, 0.4) is 0 Å². The third kappa shape index (κ3) is 2.90. The summed E-state index contributed by atoms with van der Waals surface area (Å²) in [6.45, 7) is 1.96. The van der Waals surface area contributed by atoms with E-state index in [2.05, 4.69) is 0 Å². The molecule has 2 aromatic carbocycles. The van der Waals surface area contributed by atoms with Crippen molar-refractivity contribution < 1.29 is 13.2 Å². The highest BCUT2D eigenvalue weighted by atomic mass is 32.2. The zero-order valence-corrected chi connectivity index (χ0v) is 11.1. The van der Waals surface area contributed by atoms with E-state index in [0.29, 0.717) is 10.6 Å². The van der Waals surface area contributed by atoms with E-state index in [4.69, 9.17) is 4.74 Å². The molecule has 0 bridgehead atoms. The molecule has 0 aromatic heterocycles. The van der Waals surface area contributed by atoms with Crippen LogP contribution in [-0.2, 0) is 9.84 Å². The van der Waals surface area contributed by atoms with Gasteiger partial charge in [-0.05, 0) is 42.8 Å². The Morgan fingerprint density at radius 2 is 1.56 bits per heavy atom. The molecule has 0 N–H and O–H groups in total. The van der Waals surface area contributed by atoms with Crippen LogP contribution in [0.1, 0.15) is 5.56 Å². The summed E-state index contributed by atoms with van der Waals surface area (Å²) in [4.78, 5) is 0.291. The zero-order valence-electron chi connectivity index (χ0n) is 10.3. The van der Waals surface area contributed by atoms with Gasteiger partial charge in [-0.25, -0.2) is 8.42 Å². The Morgan fingerprint density at radius 3 is 2.11 bits per heavy atom. The number of sulfone groups is 1. The highest BCUT2D eigenvalue weighted by molar-refractivity contribution is 7.90. The van der Waals surface area contributed by atoms with Crippen LogP contribution in [0, 0.1) is 6.92 Å². The van der Waals surface area contributed by atoms with Crippen molar-refractivity contribution in [1.29, 1.82) is 0 Å². The van der Waals surface area contributed by atoms with Crippen molar-refractivity contribution in [3.63, 3.8) is 0 Å². The highest BCUT2D eigenvalue weighted by Crippen LogP contribution is 2.25. The molecule has 0 aliphatic rings. The maximum atomic E-state index is 11.3. The maximum Gasteiger partial charge on any atom is 0.175 e. The molecule has 0 amide bonds. The standard InChI is InChI=1S/C14H14O3S/c1-11-5-3-4-6-14(11)17-12-7-9-13(10-8-12)18(2,15)16/h3-10H,1-2H3. The molecule has 0 saturated heterocycles. The Morgan fingerprint density at radius 1 is 0.944 bits per heavy atom. The Hall–Kier alpha value is -1.81. The largest absolute Gasteiger partial charge is 0.457 e. The molecule has 0 atom stereocenters. The first-order valence-electron chi connectivity index (χ1n) is 5.50. The van der Waals surface area contributed by atoms with Crippen LogP contribution in [0.15, 0.2) is 53.4 Å². The maximum absolute atomic E-state index is 11.3. The lowest BCUT2D eigenvalue weighted by Crippen LogP contribution is -1.96. The van der Waals surface area contributed by atoms with Gasteiger partial charge in [0.25, 0.3) is 0 Å². The Kier molecular flexibility index (Phi) is 3.39. The first kappa shape index (κ1) is 12.6. The predicted molar refractivity (Wildman–Crippen MR) is 70.8 cm³/mol. The molecule has 94 valence electrons. The second kappa shape index (κ2) is 4.82. The van der Waals surface area contributed by atoms with Gasteiger partial charge in [-0.1, -0.05) is 18.2 Å². The average molecular weight is 262 g/mol. The second-order valence-corrected chi connectivity index (χ2v) is 6.13. The number of hydrogen-bond acceptors (Lipinski definition) is 3. The number of rotatable bonds is 3. The number of benzene rings is 2. The van der Waals surface area contributed by atoms with Crippen LogP contribution in [0.5, 0.6) is 11.5 Å². The van der Waals surface area contributed by atoms with E-state index in [1.54, 1.807) is 24.3 Å². The van der Waals surface area contributed by atoms with E-state index in [9.17, 15) is 8.42 Å². The SMILES string of the molecule is Cc1ccccc1Oc1ccc(S(C)(=O)=O)cc1. The first-order valence-corrected chi connectivity index (χ1v) is 7.39. The van der Waals surface area contributed by atoms with Gasteiger partial charge < -0.3 is 4.74 Å². The second-order valence-electron chi connectivity index (χ2n) is 4.11.